The number of nitrogens with one attached hydrogen (secondary N) is 2. The normalized spacial score (nSPS) is 10.9. The molecular weight excluding hydrogens is 416 g/mol. The molecule has 0 bridgehead atoms. The Morgan fingerprint density at radius 2 is 1.72 bits per heavy atom. The van der Waals surface area contributed by atoms with Gasteiger partial charge in [-0.3, -0.25) is 0 Å². The molecule has 0 spiro atoms. The SMILES string of the molecule is Cc1ccc(SNc2ccc(Nc3nc(-c4cccc(N)c4)cn4ccnc34)cc2)cc1. The summed E-state index contributed by atoms with van der Waals surface area (Å²) in [6, 6.07) is 24.3. The summed E-state index contributed by atoms with van der Waals surface area (Å²) in [7, 11) is 0. The number of nitrogens with zero attached hydrogens (tertiary/aromatic N) is 3. The predicted molar refractivity (Wildman–Crippen MR) is 133 cm³/mol. The van der Waals surface area contributed by atoms with Gasteiger partial charge in [-0.25, -0.2) is 9.97 Å². The number of hydrogen-bond acceptors (Lipinski definition) is 6. The Morgan fingerprint density at radius 3 is 2.50 bits per heavy atom. The summed E-state index contributed by atoms with van der Waals surface area (Å²) in [4.78, 5) is 10.4. The van der Waals surface area contributed by atoms with Crippen LogP contribution in [0.5, 0.6) is 0 Å². The van der Waals surface area contributed by atoms with Crippen LogP contribution >= 0.6 is 11.9 Å². The van der Waals surface area contributed by atoms with Gasteiger partial charge in [0.25, 0.3) is 0 Å². The fourth-order valence-corrected chi connectivity index (χ4v) is 3.98. The van der Waals surface area contributed by atoms with Crippen molar-refractivity contribution in [1.29, 1.82) is 0 Å². The van der Waals surface area contributed by atoms with Gasteiger partial charge in [-0.05, 0) is 67.4 Å². The van der Waals surface area contributed by atoms with Gasteiger partial charge in [0.2, 0.25) is 0 Å². The fourth-order valence-electron chi connectivity index (χ4n) is 3.34. The van der Waals surface area contributed by atoms with E-state index < -0.39 is 0 Å². The van der Waals surface area contributed by atoms with Crippen LogP contribution in [0.4, 0.5) is 22.9 Å². The van der Waals surface area contributed by atoms with Crippen molar-refractivity contribution >= 4 is 40.5 Å². The molecular formula is C25H22N6S. The van der Waals surface area contributed by atoms with Crippen molar-refractivity contribution < 1.29 is 0 Å². The lowest BCUT2D eigenvalue weighted by molar-refractivity contribution is 1.13. The van der Waals surface area contributed by atoms with Crippen LogP contribution in [0.1, 0.15) is 5.56 Å². The van der Waals surface area contributed by atoms with Crippen LogP contribution in [0.25, 0.3) is 16.9 Å². The molecule has 3 aromatic carbocycles. The van der Waals surface area contributed by atoms with E-state index in [-0.39, 0.29) is 0 Å². The lowest BCUT2D eigenvalue weighted by atomic mass is 10.1. The maximum Gasteiger partial charge on any atom is 0.180 e. The van der Waals surface area contributed by atoms with E-state index in [0.29, 0.717) is 11.5 Å². The molecule has 0 aliphatic heterocycles. The van der Waals surface area contributed by atoms with Crippen molar-refractivity contribution in [1.82, 2.24) is 14.4 Å². The second kappa shape index (κ2) is 8.64. The molecule has 0 aliphatic rings. The van der Waals surface area contributed by atoms with E-state index in [2.05, 4.69) is 46.2 Å². The van der Waals surface area contributed by atoms with Crippen LogP contribution in [-0.2, 0) is 0 Å². The van der Waals surface area contributed by atoms with E-state index in [1.165, 1.54) is 10.5 Å². The minimum Gasteiger partial charge on any atom is -0.399 e. The predicted octanol–water partition coefficient (Wildman–Crippen LogP) is 6.15. The van der Waals surface area contributed by atoms with E-state index in [0.717, 1.165) is 28.3 Å². The zero-order valence-electron chi connectivity index (χ0n) is 17.5. The van der Waals surface area contributed by atoms with Crippen LogP contribution < -0.4 is 15.8 Å². The molecule has 0 unspecified atom stereocenters. The first-order chi connectivity index (χ1) is 15.6. The van der Waals surface area contributed by atoms with Gasteiger partial charge in [0.1, 0.15) is 0 Å². The zero-order valence-corrected chi connectivity index (χ0v) is 18.3. The van der Waals surface area contributed by atoms with Gasteiger partial charge in [0.05, 0.1) is 5.69 Å². The highest BCUT2D eigenvalue weighted by molar-refractivity contribution is 8.00. The minimum absolute atomic E-state index is 0.685. The number of fused-ring (bicyclic) bond motifs is 1. The number of rotatable bonds is 6. The van der Waals surface area contributed by atoms with Gasteiger partial charge in [-0.2, -0.15) is 0 Å². The van der Waals surface area contributed by atoms with Gasteiger partial charge in [-0.15, -0.1) is 0 Å². The largest absolute Gasteiger partial charge is 0.399 e. The standard InChI is InChI=1S/C25H22N6S/c1-17-5-11-22(12-6-17)32-30-21-9-7-20(8-10-21)28-24-25-27-13-14-31(25)16-23(29-24)18-3-2-4-19(26)15-18/h2-16,30H,26H2,1H3,(H,28,29). The number of hydrogen-bond donors (Lipinski definition) is 3. The highest BCUT2D eigenvalue weighted by atomic mass is 32.2. The second-order valence-corrected chi connectivity index (χ2v) is 8.36. The summed E-state index contributed by atoms with van der Waals surface area (Å²) in [6.45, 7) is 2.09. The van der Waals surface area contributed by atoms with Crippen molar-refractivity contribution in [3.8, 4) is 11.3 Å². The Kier molecular flexibility index (Phi) is 5.39. The van der Waals surface area contributed by atoms with Crippen molar-refractivity contribution in [2.45, 2.75) is 11.8 Å². The van der Waals surface area contributed by atoms with E-state index >= 15 is 0 Å². The molecule has 5 aromatic rings. The van der Waals surface area contributed by atoms with Gasteiger partial charge in [-0.1, -0.05) is 29.8 Å². The molecule has 0 amide bonds. The van der Waals surface area contributed by atoms with Crippen LogP contribution in [-0.4, -0.2) is 14.4 Å². The summed E-state index contributed by atoms with van der Waals surface area (Å²) >= 11 is 1.59. The molecule has 2 heterocycles. The zero-order chi connectivity index (χ0) is 21.9. The number of imidazole rings is 1. The van der Waals surface area contributed by atoms with E-state index in [9.17, 15) is 0 Å². The molecule has 0 atom stereocenters. The lowest BCUT2D eigenvalue weighted by Crippen LogP contribution is -2.00. The molecule has 4 N–H and O–H groups in total. The maximum atomic E-state index is 5.96. The minimum atomic E-state index is 0.685. The summed E-state index contributed by atoms with van der Waals surface area (Å²) in [5.74, 6) is 0.685. The number of anilines is 4. The molecule has 0 radical (unpaired) electrons. The van der Waals surface area contributed by atoms with Crippen LogP contribution in [0.3, 0.4) is 0 Å². The lowest BCUT2D eigenvalue weighted by Gasteiger charge is -2.11. The molecule has 0 fully saturated rings. The van der Waals surface area contributed by atoms with Gasteiger partial charge in [0.15, 0.2) is 11.5 Å². The van der Waals surface area contributed by atoms with E-state index in [1.807, 2.05) is 65.3 Å². The molecule has 32 heavy (non-hydrogen) atoms. The van der Waals surface area contributed by atoms with Crippen LogP contribution in [0, 0.1) is 6.92 Å². The molecule has 158 valence electrons. The van der Waals surface area contributed by atoms with Crippen LogP contribution in [0.15, 0.2) is 96.3 Å². The van der Waals surface area contributed by atoms with E-state index in [4.69, 9.17) is 10.7 Å². The van der Waals surface area contributed by atoms with Crippen molar-refractivity contribution in [3.63, 3.8) is 0 Å². The van der Waals surface area contributed by atoms with Crippen LogP contribution in [0.2, 0.25) is 0 Å². The number of aromatic nitrogens is 3. The summed E-state index contributed by atoms with van der Waals surface area (Å²) in [5, 5.41) is 3.40. The fraction of sp³-hybridized carbons (Fsp3) is 0.0400. The number of nitrogen functional groups attached to an aromatic ring is 1. The number of aryl methyl sites for hydroxylation is 1. The highest BCUT2D eigenvalue weighted by Gasteiger charge is 2.10. The first kappa shape index (κ1) is 20.0. The highest BCUT2D eigenvalue weighted by Crippen LogP contribution is 2.27. The smallest absolute Gasteiger partial charge is 0.180 e. The Balaban J connectivity index is 1.36. The summed E-state index contributed by atoms with van der Waals surface area (Å²) in [6.07, 6.45) is 5.63. The third-order valence-electron chi connectivity index (χ3n) is 5.01. The van der Waals surface area contributed by atoms with Gasteiger partial charge >= 0.3 is 0 Å². The Hall–Kier alpha value is -3.97. The summed E-state index contributed by atoms with van der Waals surface area (Å²) in [5.41, 5.74) is 12.4. The summed E-state index contributed by atoms with van der Waals surface area (Å²) < 4.78 is 5.34. The molecule has 5 rings (SSSR count). The monoisotopic (exact) mass is 438 g/mol. The van der Waals surface area contributed by atoms with Gasteiger partial charge < -0.3 is 20.2 Å². The number of benzene rings is 3. The number of nitrogens with two attached hydrogens (primary N) is 1. The third-order valence-corrected chi connectivity index (χ3v) is 5.86. The molecule has 7 heteroatoms. The van der Waals surface area contributed by atoms with Gasteiger partial charge in [0, 0.05) is 46.1 Å². The average molecular weight is 439 g/mol. The Labute approximate surface area is 190 Å². The molecule has 2 aromatic heterocycles. The van der Waals surface area contributed by atoms with Crippen molar-refractivity contribution in [2.75, 3.05) is 15.8 Å². The Morgan fingerprint density at radius 1 is 0.938 bits per heavy atom. The maximum absolute atomic E-state index is 5.96. The first-order valence-corrected chi connectivity index (χ1v) is 11.0. The second-order valence-electron chi connectivity index (χ2n) is 7.48. The topological polar surface area (TPSA) is 80.3 Å². The van der Waals surface area contributed by atoms with E-state index in [1.54, 1.807) is 18.1 Å². The van der Waals surface area contributed by atoms with Crippen molar-refractivity contribution in [3.05, 3.63) is 97.0 Å². The molecule has 0 saturated carbocycles. The average Bonchev–Trinajstić information content (AvgIpc) is 3.29. The first-order valence-electron chi connectivity index (χ1n) is 10.2. The molecule has 0 saturated heterocycles. The molecule has 6 nitrogen and oxygen atoms in total. The Bertz CT molecular complexity index is 1360. The van der Waals surface area contributed by atoms with Crippen molar-refractivity contribution in [2.24, 2.45) is 0 Å². The quantitative estimate of drug-likeness (QED) is 0.218. The molecule has 0 aliphatic carbocycles. The third kappa shape index (κ3) is 4.38.